The number of fused-ring (bicyclic) bond motifs is 7. The average Bonchev–Trinajstić information content (AvgIpc) is 3.20. The number of ether oxygens (including phenoxy) is 3. The average molecular weight is 393 g/mol. The number of benzene rings is 3. The standard InChI is InChI=1S/C24H27NO4/c1-27-15-5-6-16-17(9-15)18-10-22(28-2)23(29-3)11-19(18)21-13-25-8-4-7-24(25,14-26)12-20(16)21/h5-6,9-11,26H,4,7-8,12-14H2,1-3H3/t24-/m0/s1. The van der Waals surface area contributed by atoms with Crippen LogP contribution in [0.5, 0.6) is 17.2 Å². The number of aliphatic hydroxyl groups excluding tert-OH is 1. The van der Waals surface area contributed by atoms with Gasteiger partial charge >= 0.3 is 0 Å². The Labute approximate surface area is 170 Å². The predicted octanol–water partition coefficient (Wildman–Crippen LogP) is 3.90. The Balaban J connectivity index is 1.88. The molecule has 0 aliphatic carbocycles. The Morgan fingerprint density at radius 3 is 2.31 bits per heavy atom. The highest BCUT2D eigenvalue weighted by Crippen LogP contribution is 2.47. The smallest absolute Gasteiger partial charge is 0.161 e. The van der Waals surface area contributed by atoms with Crippen LogP contribution in [0, 0.1) is 0 Å². The summed E-state index contributed by atoms with van der Waals surface area (Å²) in [4.78, 5) is 2.47. The normalized spacial score (nSPS) is 21.2. The molecule has 1 fully saturated rings. The molecule has 1 saturated heterocycles. The summed E-state index contributed by atoms with van der Waals surface area (Å²) in [5, 5.41) is 15.0. The van der Waals surface area contributed by atoms with Gasteiger partial charge in [-0.3, -0.25) is 4.90 Å². The number of methoxy groups -OCH3 is 3. The molecule has 5 heteroatoms. The third-order valence-corrected chi connectivity index (χ3v) is 6.95. The largest absolute Gasteiger partial charge is 0.497 e. The summed E-state index contributed by atoms with van der Waals surface area (Å²) < 4.78 is 16.7. The van der Waals surface area contributed by atoms with Gasteiger partial charge in [0.05, 0.1) is 27.9 Å². The van der Waals surface area contributed by atoms with Crippen LogP contribution in [0.1, 0.15) is 24.0 Å². The maximum absolute atomic E-state index is 10.3. The lowest BCUT2D eigenvalue weighted by Crippen LogP contribution is -2.51. The van der Waals surface area contributed by atoms with Crippen molar-refractivity contribution >= 4 is 21.5 Å². The molecule has 152 valence electrons. The van der Waals surface area contributed by atoms with Gasteiger partial charge in [0.15, 0.2) is 11.5 Å². The second kappa shape index (κ2) is 6.78. The van der Waals surface area contributed by atoms with Crippen molar-refractivity contribution in [1.29, 1.82) is 0 Å². The first-order valence-corrected chi connectivity index (χ1v) is 10.2. The van der Waals surface area contributed by atoms with Crippen LogP contribution in [0.15, 0.2) is 30.3 Å². The highest BCUT2D eigenvalue weighted by Gasteiger charge is 2.44. The lowest BCUT2D eigenvalue weighted by atomic mass is 9.79. The Bertz CT molecular complexity index is 1110. The zero-order chi connectivity index (χ0) is 20.2. The Hall–Kier alpha value is -2.50. The minimum atomic E-state index is -0.135. The molecule has 2 aliphatic rings. The zero-order valence-electron chi connectivity index (χ0n) is 17.2. The molecule has 0 aromatic heterocycles. The van der Waals surface area contributed by atoms with Crippen LogP contribution >= 0.6 is 0 Å². The molecule has 0 bridgehead atoms. The van der Waals surface area contributed by atoms with Crippen LogP contribution in [0.2, 0.25) is 0 Å². The first-order valence-electron chi connectivity index (χ1n) is 10.2. The maximum Gasteiger partial charge on any atom is 0.161 e. The molecule has 0 radical (unpaired) electrons. The van der Waals surface area contributed by atoms with Crippen molar-refractivity contribution in [2.75, 3.05) is 34.5 Å². The van der Waals surface area contributed by atoms with Crippen LogP contribution in [-0.4, -0.2) is 50.0 Å². The van der Waals surface area contributed by atoms with Gasteiger partial charge in [-0.05, 0) is 82.7 Å². The van der Waals surface area contributed by atoms with E-state index in [-0.39, 0.29) is 12.1 Å². The minimum absolute atomic E-state index is 0.135. The van der Waals surface area contributed by atoms with E-state index < -0.39 is 0 Å². The molecule has 0 spiro atoms. The number of hydrogen-bond acceptors (Lipinski definition) is 5. The quantitative estimate of drug-likeness (QED) is 0.682. The molecule has 29 heavy (non-hydrogen) atoms. The fourth-order valence-electron chi connectivity index (χ4n) is 5.39. The topological polar surface area (TPSA) is 51.2 Å². The van der Waals surface area contributed by atoms with Crippen molar-refractivity contribution in [3.05, 3.63) is 41.5 Å². The third-order valence-electron chi connectivity index (χ3n) is 6.95. The minimum Gasteiger partial charge on any atom is -0.497 e. The Morgan fingerprint density at radius 2 is 1.62 bits per heavy atom. The van der Waals surface area contributed by atoms with Crippen LogP contribution < -0.4 is 14.2 Å². The number of nitrogens with zero attached hydrogens (tertiary/aromatic N) is 1. The number of hydrogen-bond donors (Lipinski definition) is 1. The Morgan fingerprint density at radius 1 is 0.897 bits per heavy atom. The maximum atomic E-state index is 10.3. The second-order valence-electron chi connectivity index (χ2n) is 8.21. The van der Waals surface area contributed by atoms with Gasteiger partial charge in [-0.15, -0.1) is 0 Å². The first kappa shape index (κ1) is 18.5. The Kier molecular flexibility index (Phi) is 4.33. The summed E-state index contributed by atoms with van der Waals surface area (Å²) in [6, 6.07) is 10.5. The lowest BCUT2D eigenvalue weighted by molar-refractivity contribution is 0.0498. The van der Waals surface area contributed by atoms with Crippen LogP contribution in [0.25, 0.3) is 21.5 Å². The van der Waals surface area contributed by atoms with Gasteiger partial charge in [-0.1, -0.05) is 6.07 Å². The van der Waals surface area contributed by atoms with Gasteiger partial charge in [0.2, 0.25) is 0 Å². The second-order valence-corrected chi connectivity index (χ2v) is 8.21. The van der Waals surface area contributed by atoms with E-state index >= 15 is 0 Å². The third kappa shape index (κ3) is 2.61. The van der Waals surface area contributed by atoms with Gasteiger partial charge < -0.3 is 19.3 Å². The monoisotopic (exact) mass is 393 g/mol. The molecular formula is C24H27NO4. The summed E-state index contributed by atoms with van der Waals surface area (Å²) >= 11 is 0. The summed E-state index contributed by atoms with van der Waals surface area (Å²) in [7, 11) is 5.05. The molecule has 2 heterocycles. The summed E-state index contributed by atoms with van der Waals surface area (Å²) in [5.74, 6) is 2.30. The number of aliphatic hydroxyl groups is 1. The first-order chi connectivity index (χ1) is 14.1. The molecule has 5 nitrogen and oxygen atoms in total. The van der Waals surface area contributed by atoms with E-state index in [2.05, 4.69) is 29.2 Å². The molecule has 0 saturated carbocycles. The van der Waals surface area contributed by atoms with Crippen LogP contribution in [0.4, 0.5) is 0 Å². The molecule has 5 rings (SSSR count). The van der Waals surface area contributed by atoms with Crippen molar-refractivity contribution < 1.29 is 19.3 Å². The molecule has 3 aromatic rings. The molecular weight excluding hydrogens is 366 g/mol. The van der Waals surface area contributed by atoms with Gasteiger partial charge in [-0.2, -0.15) is 0 Å². The summed E-state index contributed by atoms with van der Waals surface area (Å²) in [5.41, 5.74) is 2.54. The van der Waals surface area contributed by atoms with E-state index in [0.29, 0.717) is 0 Å². The van der Waals surface area contributed by atoms with Crippen LogP contribution in [-0.2, 0) is 13.0 Å². The van der Waals surface area contributed by atoms with Gasteiger partial charge in [0, 0.05) is 12.1 Å². The SMILES string of the molecule is COc1ccc2c3c(c4cc(OC)c(OC)cc4c2c1)CN1CCC[C@@]1(CO)C3. The van der Waals surface area contributed by atoms with Crippen molar-refractivity contribution in [3.63, 3.8) is 0 Å². The summed E-state index contributed by atoms with van der Waals surface area (Å²) in [6.45, 7) is 2.09. The number of rotatable bonds is 4. The van der Waals surface area contributed by atoms with Crippen molar-refractivity contribution in [3.8, 4) is 17.2 Å². The van der Waals surface area contributed by atoms with Crippen molar-refractivity contribution in [1.82, 2.24) is 4.90 Å². The van der Waals surface area contributed by atoms with E-state index in [4.69, 9.17) is 14.2 Å². The fourth-order valence-corrected chi connectivity index (χ4v) is 5.39. The predicted molar refractivity (Wildman–Crippen MR) is 114 cm³/mol. The van der Waals surface area contributed by atoms with Crippen molar-refractivity contribution in [2.45, 2.75) is 31.3 Å². The summed E-state index contributed by atoms with van der Waals surface area (Å²) in [6.07, 6.45) is 3.05. The lowest BCUT2D eigenvalue weighted by Gasteiger charge is -2.43. The van der Waals surface area contributed by atoms with Crippen LogP contribution in [0.3, 0.4) is 0 Å². The molecule has 3 aromatic carbocycles. The molecule has 2 aliphatic heterocycles. The van der Waals surface area contributed by atoms with Gasteiger partial charge in [0.1, 0.15) is 5.75 Å². The van der Waals surface area contributed by atoms with Gasteiger partial charge in [-0.25, -0.2) is 0 Å². The highest BCUT2D eigenvalue weighted by molar-refractivity contribution is 6.12. The van der Waals surface area contributed by atoms with E-state index in [9.17, 15) is 5.11 Å². The van der Waals surface area contributed by atoms with E-state index in [1.165, 1.54) is 21.9 Å². The molecule has 1 atom stereocenters. The molecule has 0 unspecified atom stereocenters. The van der Waals surface area contributed by atoms with Crippen molar-refractivity contribution in [2.24, 2.45) is 0 Å². The van der Waals surface area contributed by atoms with E-state index in [0.717, 1.165) is 60.4 Å². The van der Waals surface area contributed by atoms with Gasteiger partial charge in [0.25, 0.3) is 0 Å². The van der Waals surface area contributed by atoms with E-state index in [1.54, 1.807) is 21.3 Å². The zero-order valence-corrected chi connectivity index (χ0v) is 17.2. The highest BCUT2D eigenvalue weighted by atomic mass is 16.5. The fraction of sp³-hybridized carbons (Fsp3) is 0.417. The molecule has 1 N–H and O–H groups in total. The van der Waals surface area contributed by atoms with E-state index in [1.807, 2.05) is 6.07 Å². The molecule has 0 amide bonds.